The molecule has 70 valence electrons. The van der Waals surface area contributed by atoms with Crippen molar-refractivity contribution in [2.75, 3.05) is 0 Å². The molecule has 0 atom stereocenters. The van der Waals surface area contributed by atoms with Crippen molar-refractivity contribution in [3.63, 3.8) is 0 Å². The van der Waals surface area contributed by atoms with Crippen molar-refractivity contribution in [2.24, 2.45) is 0 Å². The Balaban J connectivity index is 3.36. The lowest BCUT2D eigenvalue weighted by atomic mass is 9.86. The topological polar surface area (TPSA) is 17.1 Å². The van der Waals surface area contributed by atoms with Crippen molar-refractivity contribution in [1.82, 2.24) is 0 Å². The van der Waals surface area contributed by atoms with Gasteiger partial charge in [0.25, 0.3) is 0 Å². The van der Waals surface area contributed by atoms with E-state index in [4.69, 9.17) is 11.6 Å². The lowest BCUT2D eigenvalue weighted by Gasteiger charge is -2.20. The third-order valence-electron chi connectivity index (χ3n) is 1.90. The molecule has 3 heteroatoms. The van der Waals surface area contributed by atoms with Crippen LogP contribution in [-0.4, -0.2) is 6.29 Å². The van der Waals surface area contributed by atoms with Gasteiger partial charge in [-0.25, -0.2) is 0 Å². The van der Waals surface area contributed by atoms with E-state index in [1.807, 2.05) is 26.0 Å². The Morgan fingerprint density at radius 2 is 2.08 bits per heavy atom. The van der Waals surface area contributed by atoms with Crippen molar-refractivity contribution in [3.05, 3.63) is 33.3 Å². The fraction of sp³-hybridized carbons (Fsp3) is 0.300. The molecule has 0 radical (unpaired) electrons. The van der Waals surface area contributed by atoms with Gasteiger partial charge in [0, 0.05) is 14.9 Å². The molecule has 0 unspecified atom stereocenters. The van der Waals surface area contributed by atoms with Crippen LogP contribution in [0.25, 0.3) is 0 Å². The summed E-state index contributed by atoms with van der Waals surface area (Å²) in [6.07, 6.45) is 0.902. The van der Waals surface area contributed by atoms with E-state index in [1.165, 1.54) is 0 Å². The van der Waals surface area contributed by atoms with Gasteiger partial charge in [0.05, 0.1) is 0 Å². The molecule has 1 aromatic rings. The summed E-state index contributed by atoms with van der Waals surface area (Å²) in [7, 11) is 0. The van der Waals surface area contributed by atoms with E-state index in [0.717, 1.165) is 16.3 Å². The summed E-state index contributed by atoms with van der Waals surface area (Å²) in [5, 5.41) is 0.617. The second kappa shape index (κ2) is 3.81. The van der Waals surface area contributed by atoms with Crippen molar-refractivity contribution < 1.29 is 4.79 Å². The van der Waals surface area contributed by atoms with E-state index >= 15 is 0 Å². The minimum absolute atomic E-state index is 0.544. The number of carbonyl (C=O) groups is 1. The Labute approximate surface area is 91.2 Å². The summed E-state index contributed by atoms with van der Waals surface area (Å²) < 4.78 is 0.872. The summed E-state index contributed by atoms with van der Waals surface area (Å²) in [4.78, 5) is 10.9. The van der Waals surface area contributed by atoms with E-state index in [0.29, 0.717) is 5.02 Å². The molecule has 0 amide bonds. The molecule has 13 heavy (non-hydrogen) atoms. The van der Waals surface area contributed by atoms with Crippen LogP contribution >= 0.6 is 27.5 Å². The molecule has 0 aliphatic rings. The Morgan fingerprint density at radius 1 is 1.46 bits per heavy atom. The van der Waals surface area contributed by atoms with Crippen LogP contribution in [0.4, 0.5) is 0 Å². The van der Waals surface area contributed by atoms with Crippen LogP contribution < -0.4 is 0 Å². The van der Waals surface area contributed by atoms with Crippen LogP contribution in [0, 0.1) is 0 Å². The summed E-state index contributed by atoms with van der Waals surface area (Å²) >= 11 is 9.38. The van der Waals surface area contributed by atoms with Crippen LogP contribution in [0.1, 0.15) is 19.4 Å². The second-order valence-corrected chi connectivity index (χ2v) is 4.70. The average molecular weight is 262 g/mol. The zero-order valence-corrected chi connectivity index (χ0v) is 9.82. The van der Waals surface area contributed by atoms with Crippen LogP contribution in [0.15, 0.2) is 22.7 Å². The third-order valence-corrected chi connectivity index (χ3v) is 2.88. The molecule has 0 fully saturated rings. The zero-order chi connectivity index (χ0) is 10.1. The normalized spacial score (nSPS) is 11.4. The van der Waals surface area contributed by atoms with Crippen LogP contribution in [0.3, 0.4) is 0 Å². The lowest BCUT2D eigenvalue weighted by Crippen LogP contribution is -2.19. The molecule has 0 aliphatic carbocycles. The molecule has 0 spiro atoms. The zero-order valence-electron chi connectivity index (χ0n) is 7.47. The number of carbonyl (C=O) groups excluding carboxylic acids is 1. The Bertz CT molecular complexity index is 313. The largest absolute Gasteiger partial charge is 0.302 e. The van der Waals surface area contributed by atoms with Gasteiger partial charge in [-0.3, -0.25) is 0 Å². The monoisotopic (exact) mass is 260 g/mol. The summed E-state index contributed by atoms with van der Waals surface area (Å²) in [6, 6.07) is 5.51. The van der Waals surface area contributed by atoms with Crippen molar-refractivity contribution in [2.45, 2.75) is 19.3 Å². The minimum atomic E-state index is -0.544. The first-order chi connectivity index (χ1) is 5.99. The van der Waals surface area contributed by atoms with Gasteiger partial charge >= 0.3 is 0 Å². The number of aldehydes is 1. The van der Waals surface area contributed by atoms with Gasteiger partial charge in [-0.15, -0.1) is 0 Å². The van der Waals surface area contributed by atoms with Gasteiger partial charge in [0.15, 0.2) is 0 Å². The first-order valence-electron chi connectivity index (χ1n) is 3.90. The molecule has 0 aliphatic heterocycles. The predicted octanol–water partition coefficient (Wildman–Crippen LogP) is 3.58. The standard InChI is InChI=1S/C10H10BrClO/c1-10(2,6-13)9-7(11)4-3-5-8(9)12/h3-6H,1-2H3. The van der Waals surface area contributed by atoms with E-state index < -0.39 is 5.41 Å². The Kier molecular flexibility index (Phi) is 3.14. The summed E-state index contributed by atoms with van der Waals surface area (Å²) in [6.45, 7) is 3.68. The summed E-state index contributed by atoms with van der Waals surface area (Å²) in [5.41, 5.74) is 0.295. The van der Waals surface area contributed by atoms with Crippen LogP contribution in [0.2, 0.25) is 5.02 Å². The van der Waals surface area contributed by atoms with E-state index in [2.05, 4.69) is 15.9 Å². The van der Waals surface area contributed by atoms with Crippen molar-refractivity contribution in [3.8, 4) is 0 Å². The highest BCUT2D eigenvalue weighted by Crippen LogP contribution is 2.34. The fourth-order valence-electron chi connectivity index (χ4n) is 1.17. The Morgan fingerprint density at radius 3 is 2.54 bits per heavy atom. The predicted molar refractivity (Wildman–Crippen MR) is 58.2 cm³/mol. The van der Waals surface area contributed by atoms with Crippen LogP contribution in [0.5, 0.6) is 0 Å². The summed E-state index contributed by atoms with van der Waals surface area (Å²) in [5.74, 6) is 0. The van der Waals surface area contributed by atoms with Crippen LogP contribution in [-0.2, 0) is 10.2 Å². The second-order valence-electron chi connectivity index (χ2n) is 3.44. The third kappa shape index (κ3) is 2.12. The Hall–Kier alpha value is -0.340. The number of benzene rings is 1. The maximum atomic E-state index is 10.9. The molecule has 1 nitrogen and oxygen atoms in total. The van der Waals surface area contributed by atoms with Crippen molar-refractivity contribution in [1.29, 1.82) is 0 Å². The van der Waals surface area contributed by atoms with Gasteiger partial charge in [-0.05, 0) is 31.5 Å². The molecule has 0 heterocycles. The van der Waals surface area contributed by atoms with E-state index in [1.54, 1.807) is 6.07 Å². The first-order valence-corrected chi connectivity index (χ1v) is 5.07. The molecule has 0 aromatic heterocycles. The average Bonchev–Trinajstić information content (AvgIpc) is 2.03. The first kappa shape index (κ1) is 10.7. The quantitative estimate of drug-likeness (QED) is 0.744. The molecule has 0 saturated carbocycles. The highest BCUT2D eigenvalue weighted by Gasteiger charge is 2.24. The molecule has 0 saturated heterocycles. The van der Waals surface area contributed by atoms with Gasteiger partial charge in [0.1, 0.15) is 6.29 Å². The molecular formula is C10H10BrClO. The maximum absolute atomic E-state index is 10.9. The number of halogens is 2. The SMILES string of the molecule is CC(C)(C=O)c1c(Cl)cccc1Br. The van der Waals surface area contributed by atoms with Gasteiger partial charge in [-0.2, -0.15) is 0 Å². The molecule has 1 rings (SSSR count). The van der Waals surface area contributed by atoms with Gasteiger partial charge < -0.3 is 4.79 Å². The van der Waals surface area contributed by atoms with Gasteiger partial charge in [0.2, 0.25) is 0 Å². The lowest BCUT2D eigenvalue weighted by molar-refractivity contribution is -0.111. The highest BCUT2D eigenvalue weighted by atomic mass is 79.9. The van der Waals surface area contributed by atoms with E-state index in [-0.39, 0.29) is 0 Å². The van der Waals surface area contributed by atoms with E-state index in [9.17, 15) is 4.79 Å². The molecule has 0 bridgehead atoms. The fourth-order valence-corrected chi connectivity index (χ4v) is 2.58. The molecular weight excluding hydrogens is 251 g/mol. The highest BCUT2D eigenvalue weighted by molar-refractivity contribution is 9.10. The minimum Gasteiger partial charge on any atom is -0.302 e. The van der Waals surface area contributed by atoms with Gasteiger partial charge in [-0.1, -0.05) is 33.6 Å². The van der Waals surface area contributed by atoms with Crippen molar-refractivity contribution >= 4 is 33.8 Å². The molecule has 0 N–H and O–H groups in total. The number of hydrogen-bond acceptors (Lipinski definition) is 1. The number of hydrogen-bond donors (Lipinski definition) is 0. The smallest absolute Gasteiger partial charge is 0.130 e. The number of rotatable bonds is 2. The molecule has 1 aromatic carbocycles. The maximum Gasteiger partial charge on any atom is 0.130 e.